The lowest BCUT2D eigenvalue weighted by atomic mass is 10.1. The quantitative estimate of drug-likeness (QED) is 0.270. The highest BCUT2D eigenvalue weighted by Gasteiger charge is 2.46. The molecule has 1 fully saturated rings. The normalized spacial score (nSPS) is 22.0. The first kappa shape index (κ1) is 24.4. The number of hydrogen-bond donors (Lipinski definition) is 3. The Morgan fingerprint density at radius 2 is 2.03 bits per heavy atom. The van der Waals surface area contributed by atoms with E-state index in [0.29, 0.717) is 6.41 Å². The number of carbonyl (C=O) groups excluding carboxylic acids is 1. The molecule has 1 saturated heterocycles. The van der Waals surface area contributed by atoms with E-state index in [1.807, 2.05) is 0 Å². The molecule has 3 heterocycles. The number of fused-ring (bicyclic) bond motifs is 1. The van der Waals surface area contributed by atoms with E-state index in [1.165, 1.54) is 37.2 Å². The van der Waals surface area contributed by atoms with E-state index >= 15 is 0 Å². The number of likely N-dealkylation sites (N-methyl/N-ethyl adjacent to an activating group) is 1. The van der Waals surface area contributed by atoms with Crippen LogP contribution in [0.1, 0.15) is 23.2 Å². The molecule has 0 aliphatic carbocycles. The largest absolute Gasteiger partial charge is 0.416 e. The van der Waals surface area contributed by atoms with E-state index in [2.05, 4.69) is 32.3 Å². The molecular formula is C21H19F3N6O5. The van der Waals surface area contributed by atoms with Gasteiger partial charge in [0.1, 0.15) is 12.2 Å². The summed E-state index contributed by atoms with van der Waals surface area (Å²) in [5.74, 6) is 5.21. The van der Waals surface area contributed by atoms with Gasteiger partial charge in [-0.3, -0.25) is 14.2 Å². The van der Waals surface area contributed by atoms with Crippen LogP contribution in [0.15, 0.2) is 30.6 Å². The number of rotatable bonds is 5. The minimum absolute atomic E-state index is 0.0918. The van der Waals surface area contributed by atoms with Crippen molar-refractivity contribution in [3.05, 3.63) is 47.5 Å². The molecule has 0 bridgehead atoms. The van der Waals surface area contributed by atoms with E-state index in [4.69, 9.17) is 9.57 Å². The highest BCUT2D eigenvalue weighted by Crippen LogP contribution is 2.33. The highest BCUT2D eigenvalue weighted by atomic mass is 19.4. The number of nitrogens with zero attached hydrogens (tertiary/aromatic N) is 5. The molecule has 0 unspecified atom stereocenters. The Morgan fingerprint density at radius 3 is 2.71 bits per heavy atom. The lowest BCUT2D eigenvalue weighted by Gasteiger charge is -2.22. The van der Waals surface area contributed by atoms with Gasteiger partial charge in [0.2, 0.25) is 12.2 Å². The number of aliphatic hydroxyl groups is 2. The van der Waals surface area contributed by atoms with Gasteiger partial charge in [0, 0.05) is 12.6 Å². The second-order valence-electron chi connectivity index (χ2n) is 7.52. The Hall–Kier alpha value is -3.77. The molecule has 0 radical (unpaired) electrons. The van der Waals surface area contributed by atoms with Crippen LogP contribution in [0, 0.1) is 11.8 Å². The van der Waals surface area contributed by atoms with E-state index in [-0.39, 0.29) is 28.4 Å². The Kier molecular flexibility index (Phi) is 6.59. The van der Waals surface area contributed by atoms with E-state index in [0.717, 1.165) is 17.0 Å². The highest BCUT2D eigenvalue weighted by molar-refractivity contribution is 5.83. The summed E-state index contributed by atoms with van der Waals surface area (Å²) in [5, 5.41) is 20.8. The number of hydrogen-bond acceptors (Lipinski definition) is 9. The summed E-state index contributed by atoms with van der Waals surface area (Å²) in [6, 6.07) is 4.48. The second-order valence-corrected chi connectivity index (χ2v) is 7.52. The molecule has 2 aromatic heterocycles. The van der Waals surface area contributed by atoms with Crippen molar-refractivity contribution in [2.24, 2.45) is 0 Å². The average Bonchev–Trinajstić information content (AvgIpc) is 3.38. The van der Waals surface area contributed by atoms with Gasteiger partial charge in [0.25, 0.3) is 0 Å². The molecule has 11 nitrogen and oxygen atoms in total. The molecule has 3 N–H and O–H groups in total. The molecular weight excluding hydrogens is 473 g/mol. The number of nitrogens with one attached hydrogen (secondary N) is 1. The Labute approximate surface area is 196 Å². The van der Waals surface area contributed by atoms with Gasteiger partial charge >= 0.3 is 6.18 Å². The SMILES string of the molecule is CONc1nc(C#Cc2cccc(C(F)(F)F)c2)nc2c1ncn2[C@@H]1O[C@H](N(C)C=O)[C@@H](O)[C@H]1O. The molecule has 1 aliphatic heterocycles. The number of ether oxygens (including phenoxy) is 1. The van der Waals surface area contributed by atoms with Crippen LogP contribution in [0.2, 0.25) is 0 Å². The molecule has 35 heavy (non-hydrogen) atoms. The van der Waals surface area contributed by atoms with Gasteiger partial charge in [-0.15, -0.1) is 0 Å². The summed E-state index contributed by atoms with van der Waals surface area (Å²) in [7, 11) is 2.71. The van der Waals surface area contributed by atoms with Crippen LogP contribution in [-0.2, 0) is 20.5 Å². The first-order valence-electron chi connectivity index (χ1n) is 10.1. The monoisotopic (exact) mass is 492 g/mol. The number of benzene rings is 1. The molecule has 184 valence electrons. The van der Waals surface area contributed by atoms with Crippen molar-refractivity contribution in [2.45, 2.75) is 30.8 Å². The lowest BCUT2D eigenvalue weighted by molar-refractivity contribution is -0.138. The third-order valence-electron chi connectivity index (χ3n) is 5.18. The third kappa shape index (κ3) is 4.75. The number of amides is 1. The van der Waals surface area contributed by atoms with Crippen LogP contribution in [0.25, 0.3) is 11.2 Å². The molecule has 4 atom stereocenters. The van der Waals surface area contributed by atoms with Crippen LogP contribution >= 0.6 is 0 Å². The number of aliphatic hydroxyl groups excluding tert-OH is 2. The second kappa shape index (κ2) is 9.47. The van der Waals surface area contributed by atoms with Gasteiger partial charge in [0.15, 0.2) is 29.4 Å². The van der Waals surface area contributed by atoms with Crippen LogP contribution in [0.4, 0.5) is 19.0 Å². The minimum atomic E-state index is -4.52. The molecule has 14 heteroatoms. The molecule has 3 aromatic rings. The van der Waals surface area contributed by atoms with Gasteiger partial charge in [-0.1, -0.05) is 12.0 Å². The smallest absolute Gasteiger partial charge is 0.385 e. The van der Waals surface area contributed by atoms with Gasteiger partial charge in [0.05, 0.1) is 19.0 Å². The molecule has 4 rings (SSSR count). The number of halogens is 3. The van der Waals surface area contributed by atoms with Crippen LogP contribution in [0.5, 0.6) is 0 Å². The topological polar surface area (TPSA) is 135 Å². The van der Waals surface area contributed by atoms with Crippen LogP contribution < -0.4 is 5.48 Å². The fourth-order valence-electron chi connectivity index (χ4n) is 3.50. The molecule has 0 spiro atoms. The minimum Gasteiger partial charge on any atom is -0.385 e. The van der Waals surface area contributed by atoms with Crippen LogP contribution in [0.3, 0.4) is 0 Å². The Morgan fingerprint density at radius 1 is 1.26 bits per heavy atom. The molecule has 1 aromatic carbocycles. The fraction of sp³-hybridized carbons (Fsp3) is 0.333. The molecule has 1 aliphatic rings. The standard InChI is InChI=1S/C21H19F3N6O5/c1-29(10-31)19-15(32)16(33)20(35-19)30-9-25-14-17(28-34-2)26-13(27-18(14)30)7-6-11-4-3-5-12(8-11)21(22,23)24/h3-5,8-10,15-16,19-20,32-33H,1-2H3,(H,26,27,28)/t15-,16+,19-,20+/m0/s1. The number of anilines is 1. The summed E-state index contributed by atoms with van der Waals surface area (Å²) in [5.41, 5.74) is 2.10. The lowest BCUT2D eigenvalue weighted by Crippen LogP contribution is -2.41. The van der Waals surface area contributed by atoms with Crippen molar-refractivity contribution in [3.8, 4) is 11.8 Å². The summed E-state index contributed by atoms with van der Waals surface area (Å²) in [4.78, 5) is 29.7. The summed E-state index contributed by atoms with van der Waals surface area (Å²) >= 11 is 0. The zero-order valence-corrected chi connectivity index (χ0v) is 18.3. The number of carbonyl (C=O) groups is 1. The van der Waals surface area contributed by atoms with Crippen molar-refractivity contribution in [1.29, 1.82) is 0 Å². The summed E-state index contributed by atoms with van der Waals surface area (Å²) in [6.07, 6.45) is -7.93. The fourth-order valence-corrected chi connectivity index (χ4v) is 3.50. The van der Waals surface area contributed by atoms with Gasteiger partial charge < -0.3 is 19.8 Å². The zero-order valence-electron chi connectivity index (χ0n) is 18.3. The van der Waals surface area contributed by atoms with Crippen molar-refractivity contribution < 1.29 is 37.8 Å². The maximum atomic E-state index is 13.0. The average molecular weight is 492 g/mol. The third-order valence-corrected chi connectivity index (χ3v) is 5.18. The first-order valence-corrected chi connectivity index (χ1v) is 10.1. The van der Waals surface area contributed by atoms with Gasteiger partial charge in [-0.2, -0.15) is 18.2 Å². The van der Waals surface area contributed by atoms with Gasteiger partial charge in [-0.05, 0) is 24.1 Å². The van der Waals surface area contributed by atoms with E-state index in [9.17, 15) is 28.2 Å². The summed E-state index contributed by atoms with van der Waals surface area (Å²) < 4.78 is 45.9. The summed E-state index contributed by atoms with van der Waals surface area (Å²) in [6.45, 7) is 0. The van der Waals surface area contributed by atoms with Crippen molar-refractivity contribution >= 4 is 23.4 Å². The maximum Gasteiger partial charge on any atom is 0.416 e. The maximum absolute atomic E-state index is 13.0. The predicted octanol–water partition coefficient (Wildman–Crippen LogP) is 0.883. The Balaban J connectivity index is 1.75. The van der Waals surface area contributed by atoms with E-state index < -0.39 is 36.4 Å². The van der Waals surface area contributed by atoms with Gasteiger partial charge in [-0.25, -0.2) is 15.4 Å². The number of alkyl halides is 3. The van der Waals surface area contributed by atoms with Crippen molar-refractivity contribution in [1.82, 2.24) is 24.4 Å². The number of imidazole rings is 1. The van der Waals surface area contributed by atoms with E-state index in [1.54, 1.807) is 0 Å². The molecule has 0 saturated carbocycles. The molecule has 1 amide bonds. The first-order chi connectivity index (χ1) is 16.6. The van der Waals surface area contributed by atoms with Crippen molar-refractivity contribution in [2.75, 3.05) is 19.6 Å². The van der Waals surface area contributed by atoms with Crippen LogP contribution in [-0.4, -0.2) is 73.6 Å². The Bertz CT molecular complexity index is 1300. The number of aromatic nitrogens is 4. The van der Waals surface area contributed by atoms with Crippen molar-refractivity contribution in [3.63, 3.8) is 0 Å². The predicted molar refractivity (Wildman–Crippen MR) is 113 cm³/mol. The zero-order chi connectivity index (χ0) is 25.3.